The number of nitrogens with one attached hydrogen (secondary N) is 1. The summed E-state index contributed by atoms with van der Waals surface area (Å²) in [6.07, 6.45) is 5.62. The Morgan fingerprint density at radius 2 is 2.07 bits per heavy atom. The van der Waals surface area contributed by atoms with E-state index in [2.05, 4.69) is 37.9 Å². The van der Waals surface area contributed by atoms with Crippen LogP contribution in [0.2, 0.25) is 0 Å². The van der Waals surface area contributed by atoms with Crippen LogP contribution in [0.4, 0.5) is 5.95 Å². The van der Waals surface area contributed by atoms with Crippen LogP contribution in [0.1, 0.15) is 19.3 Å². The molecule has 1 aromatic heterocycles. The van der Waals surface area contributed by atoms with Crippen LogP contribution in [0.5, 0.6) is 0 Å². The summed E-state index contributed by atoms with van der Waals surface area (Å²) in [5, 5.41) is 3.07. The van der Waals surface area contributed by atoms with Crippen LogP contribution in [-0.2, 0) is 4.79 Å². The first-order valence-electron chi connectivity index (χ1n) is 4.68. The summed E-state index contributed by atoms with van der Waals surface area (Å²) in [6, 6.07) is 0. The number of aromatic nitrogens is 2. The molecular formula is C9H13IN4O. The van der Waals surface area contributed by atoms with Gasteiger partial charge in [-0.15, -0.1) is 0 Å². The molecule has 6 heteroatoms. The molecule has 0 saturated carbocycles. The van der Waals surface area contributed by atoms with Gasteiger partial charge in [0, 0.05) is 28.9 Å². The minimum Gasteiger partial charge on any atom is -0.370 e. The minimum atomic E-state index is -0.250. The number of nitrogens with two attached hydrogens (primary N) is 1. The van der Waals surface area contributed by atoms with Crippen molar-refractivity contribution in [1.82, 2.24) is 9.97 Å². The molecule has 1 heterocycles. The van der Waals surface area contributed by atoms with Crippen LogP contribution < -0.4 is 11.1 Å². The summed E-state index contributed by atoms with van der Waals surface area (Å²) >= 11 is 2.15. The lowest BCUT2D eigenvalue weighted by molar-refractivity contribution is -0.118. The largest absolute Gasteiger partial charge is 0.370 e. The maximum atomic E-state index is 10.4. The van der Waals surface area contributed by atoms with Crippen molar-refractivity contribution in [3.8, 4) is 0 Å². The Morgan fingerprint density at radius 1 is 1.40 bits per heavy atom. The standard InChI is InChI=1S/C9H13IN4O/c10-7-5-13-9(14-6-7)12-4-2-1-3-8(11)15/h5-6H,1-4H2,(H2,11,15)(H,12,13,14). The Balaban J connectivity index is 2.15. The van der Waals surface area contributed by atoms with E-state index in [1.54, 1.807) is 12.4 Å². The van der Waals surface area contributed by atoms with E-state index in [1.807, 2.05) is 0 Å². The van der Waals surface area contributed by atoms with Gasteiger partial charge in [0.1, 0.15) is 0 Å². The lowest BCUT2D eigenvalue weighted by atomic mass is 10.2. The molecule has 0 unspecified atom stereocenters. The monoisotopic (exact) mass is 320 g/mol. The fraction of sp³-hybridized carbons (Fsp3) is 0.444. The molecule has 0 aromatic carbocycles. The van der Waals surface area contributed by atoms with Gasteiger partial charge in [-0.1, -0.05) is 0 Å². The van der Waals surface area contributed by atoms with E-state index in [4.69, 9.17) is 5.73 Å². The molecule has 0 aliphatic rings. The topological polar surface area (TPSA) is 80.9 Å². The van der Waals surface area contributed by atoms with Crippen LogP contribution in [0, 0.1) is 3.57 Å². The van der Waals surface area contributed by atoms with E-state index >= 15 is 0 Å². The smallest absolute Gasteiger partial charge is 0.222 e. The number of hydrogen-bond acceptors (Lipinski definition) is 4. The first-order chi connectivity index (χ1) is 7.18. The van der Waals surface area contributed by atoms with E-state index in [1.165, 1.54) is 0 Å². The van der Waals surface area contributed by atoms with E-state index in [0.717, 1.165) is 23.0 Å². The van der Waals surface area contributed by atoms with Crippen LogP contribution in [0.25, 0.3) is 0 Å². The Labute approximate surface area is 102 Å². The Bertz CT molecular complexity index is 314. The molecule has 0 radical (unpaired) electrons. The fourth-order valence-electron chi connectivity index (χ4n) is 1.03. The second-order valence-corrected chi connectivity index (χ2v) is 4.32. The van der Waals surface area contributed by atoms with Gasteiger partial charge in [0.15, 0.2) is 0 Å². The first-order valence-corrected chi connectivity index (χ1v) is 5.76. The van der Waals surface area contributed by atoms with Gasteiger partial charge in [0.2, 0.25) is 11.9 Å². The second-order valence-electron chi connectivity index (χ2n) is 3.08. The number of unbranched alkanes of at least 4 members (excludes halogenated alkanes) is 1. The highest BCUT2D eigenvalue weighted by molar-refractivity contribution is 14.1. The summed E-state index contributed by atoms with van der Waals surface area (Å²) in [5.74, 6) is 0.370. The van der Waals surface area contributed by atoms with Crippen LogP contribution in [0.3, 0.4) is 0 Å². The molecule has 1 amide bonds. The van der Waals surface area contributed by atoms with Gasteiger partial charge in [-0.25, -0.2) is 9.97 Å². The molecule has 0 atom stereocenters. The van der Waals surface area contributed by atoms with E-state index in [9.17, 15) is 4.79 Å². The third-order valence-corrected chi connectivity index (χ3v) is 2.31. The van der Waals surface area contributed by atoms with Gasteiger partial charge in [0.25, 0.3) is 0 Å². The molecule has 15 heavy (non-hydrogen) atoms. The third-order valence-electron chi connectivity index (χ3n) is 1.75. The number of halogens is 1. The lowest BCUT2D eigenvalue weighted by Gasteiger charge is -2.03. The molecule has 1 rings (SSSR count). The number of amides is 1. The summed E-state index contributed by atoms with van der Waals surface area (Å²) < 4.78 is 1.01. The number of anilines is 1. The zero-order valence-electron chi connectivity index (χ0n) is 8.24. The SMILES string of the molecule is NC(=O)CCCCNc1ncc(I)cn1. The van der Waals surface area contributed by atoms with Crippen LogP contribution in [-0.4, -0.2) is 22.4 Å². The molecule has 5 nitrogen and oxygen atoms in total. The lowest BCUT2D eigenvalue weighted by Crippen LogP contribution is -2.11. The third kappa shape index (κ3) is 5.50. The van der Waals surface area contributed by atoms with Crippen molar-refractivity contribution in [2.45, 2.75) is 19.3 Å². The molecule has 1 aromatic rings. The van der Waals surface area contributed by atoms with Gasteiger partial charge >= 0.3 is 0 Å². The quantitative estimate of drug-likeness (QED) is 0.609. The zero-order chi connectivity index (χ0) is 11.1. The predicted molar refractivity (Wildman–Crippen MR) is 66.3 cm³/mol. The van der Waals surface area contributed by atoms with Gasteiger partial charge in [0.05, 0.1) is 0 Å². The van der Waals surface area contributed by atoms with E-state index in [0.29, 0.717) is 12.4 Å². The van der Waals surface area contributed by atoms with Crippen molar-refractivity contribution >= 4 is 34.4 Å². The number of hydrogen-bond donors (Lipinski definition) is 2. The van der Waals surface area contributed by atoms with Crippen molar-refractivity contribution in [2.24, 2.45) is 5.73 Å². The minimum absolute atomic E-state index is 0.250. The number of carbonyl (C=O) groups excluding carboxylic acids is 1. The Morgan fingerprint density at radius 3 is 2.67 bits per heavy atom. The average molecular weight is 320 g/mol. The summed E-state index contributed by atoms with van der Waals surface area (Å²) in [7, 11) is 0. The highest BCUT2D eigenvalue weighted by Crippen LogP contribution is 2.03. The summed E-state index contributed by atoms with van der Waals surface area (Å²) in [4.78, 5) is 18.6. The van der Waals surface area contributed by atoms with Crippen molar-refractivity contribution in [3.63, 3.8) is 0 Å². The molecule has 3 N–H and O–H groups in total. The molecule has 82 valence electrons. The first kappa shape index (κ1) is 12.2. The van der Waals surface area contributed by atoms with Crippen LogP contribution >= 0.6 is 22.6 Å². The molecular weight excluding hydrogens is 307 g/mol. The van der Waals surface area contributed by atoms with E-state index < -0.39 is 0 Å². The normalized spacial score (nSPS) is 9.93. The molecule has 0 fully saturated rings. The Kier molecular flexibility index (Phi) is 5.30. The highest BCUT2D eigenvalue weighted by Gasteiger charge is 1.96. The summed E-state index contributed by atoms with van der Waals surface area (Å²) in [5.41, 5.74) is 5.02. The number of rotatable bonds is 6. The number of nitrogens with zero attached hydrogens (tertiary/aromatic N) is 2. The summed E-state index contributed by atoms with van der Waals surface area (Å²) in [6.45, 7) is 0.758. The fourth-order valence-corrected chi connectivity index (χ4v) is 1.31. The van der Waals surface area contributed by atoms with Gasteiger partial charge < -0.3 is 11.1 Å². The van der Waals surface area contributed by atoms with Crippen molar-refractivity contribution < 1.29 is 4.79 Å². The van der Waals surface area contributed by atoms with Gasteiger partial charge in [-0.05, 0) is 35.4 Å². The molecule has 0 aliphatic carbocycles. The van der Waals surface area contributed by atoms with Crippen molar-refractivity contribution in [1.29, 1.82) is 0 Å². The van der Waals surface area contributed by atoms with E-state index in [-0.39, 0.29) is 5.91 Å². The highest BCUT2D eigenvalue weighted by atomic mass is 127. The number of carbonyl (C=O) groups is 1. The van der Waals surface area contributed by atoms with Crippen molar-refractivity contribution in [3.05, 3.63) is 16.0 Å². The van der Waals surface area contributed by atoms with Gasteiger partial charge in [-0.3, -0.25) is 4.79 Å². The maximum Gasteiger partial charge on any atom is 0.222 e. The average Bonchev–Trinajstić information content (AvgIpc) is 2.20. The Hall–Kier alpha value is -0.920. The molecule has 0 aliphatic heterocycles. The van der Waals surface area contributed by atoms with Crippen LogP contribution in [0.15, 0.2) is 12.4 Å². The van der Waals surface area contributed by atoms with Gasteiger partial charge in [-0.2, -0.15) is 0 Å². The second kappa shape index (κ2) is 6.54. The van der Waals surface area contributed by atoms with Crippen molar-refractivity contribution in [2.75, 3.05) is 11.9 Å². The molecule has 0 saturated heterocycles. The number of primary amides is 1. The molecule has 0 bridgehead atoms. The predicted octanol–water partition coefficient (Wildman–Crippen LogP) is 1.15. The molecule has 0 spiro atoms. The zero-order valence-corrected chi connectivity index (χ0v) is 10.4. The maximum absolute atomic E-state index is 10.4.